The van der Waals surface area contributed by atoms with Gasteiger partial charge in [-0.05, 0) is 30.7 Å². The SMILES string of the molecule is O=C(c1cc(=O)[nH]c(=O)[nH]1)N1CCC(Cc2ccccc2)CC1. The molecular formula is C17H19N3O3. The van der Waals surface area contributed by atoms with Gasteiger partial charge >= 0.3 is 5.69 Å². The van der Waals surface area contributed by atoms with E-state index < -0.39 is 11.2 Å². The largest absolute Gasteiger partial charge is 0.337 e. The van der Waals surface area contributed by atoms with Crippen LogP contribution in [0.1, 0.15) is 28.9 Å². The predicted molar refractivity (Wildman–Crippen MR) is 86.5 cm³/mol. The molecule has 1 aromatic heterocycles. The molecule has 0 unspecified atom stereocenters. The lowest BCUT2D eigenvalue weighted by atomic mass is 9.90. The van der Waals surface area contributed by atoms with Crippen molar-refractivity contribution in [1.82, 2.24) is 14.9 Å². The fraction of sp³-hybridized carbons (Fsp3) is 0.353. The summed E-state index contributed by atoms with van der Waals surface area (Å²) in [7, 11) is 0. The number of nitrogens with zero attached hydrogens (tertiary/aromatic N) is 1. The molecule has 2 N–H and O–H groups in total. The summed E-state index contributed by atoms with van der Waals surface area (Å²) >= 11 is 0. The molecular weight excluding hydrogens is 294 g/mol. The van der Waals surface area contributed by atoms with Crippen LogP contribution in [0.5, 0.6) is 0 Å². The quantitative estimate of drug-likeness (QED) is 0.891. The van der Waals surface area contributed by atoms with Gasteiger partial charge in [0, 0.05) is 19.2 Å². The van der Waals surface area contributed by atoms with Crippen molar-refractivity contribution in [2.75, 3.05) is 13.1 Å². The van der Waals surface area contributed by atoms with Crippen LogP contribution >= 0.6 is 0 Å². The Morgan fingerprint density at radius 3 is 2.43 bits per heavy atom. The van der Waals surface area contributed by atoms with Crippen LogP contribution in [0.25, 0.3) is 0 Å². The van der Waals surface area contributed by atoms with Gasteiger partial charge in [0.05, 0.1) is 0 Å². The van der Waals surface area contributed by atoms with Gasteiger partial charge in [-0.25, -0.2) is 4.79 Å². The van der Waals surface area contributed by atoms with Gasteiger partial charge in [0.15, 0.2) is 0 Å². The Hall–Kier alpha value is -2.63. The number of aromatic nitrogens is 2. The zero-order valence-electron chi connectivity index (χ0n) is 12.7. The standard InChI is InChI=1S/C17H19N3O3/c21-15-11-14(18-17(23)19-15)16(22)20-8-6-13(7-9-20)10-12-4-2-1-3-5-12/h1-5,11,13H,6-10H2,(H2,18,19,21,23). The second kappa shape index (κ2) is 6.64. The van der Waals surface area contributed by atoms with Gasteiger partial charge in [-0.15, -0.1) is 0 Å². The van der Waals surface area contributed by atoms with E-state index in [0.717, 1.165) is 25.3 Å². The monoisotopic (exact) mass is 313 g/mol. The zero-order valence-corrected chi connectivity index (χ0v) is 12.7. The maximum Gasteiger partial charge on any atom is 0.326 e. The minimum Gasteiger partial charge on any atom is -0.337 e. The van der Waals surface area contributed by atoms with Gasteiger partial charge in [0.1, 0.15) is 5.69 Å². The van der Waals surface area contributed by atoms with Gasteiger partial charge in [-0.2, -0.15) is 0 Å². The Bertz CT molecular complexity index is 758. The summed E-state index contributed by atoms with van der Waals surface area (Å²) < 4.78 is 0. The van der Waals surface area contributed by atoms with Crippen LogP contribution in [0.4, 0.5) is 0 Å². The van der Waals surface area contributed by atoms with Crippen LogP contribution in [0, 0.1) is 5.92 Å². The highest BCUT2D eigenvalue weighted by molar-refractivity contribution is 5.92. The lowest BCUT2D eigenvalue weighted by Gasteiger charge is -2.32. The fourth-order valence-corrected chi connectivity index (χ4v) is 3.04. The summed E-state index contributed by atoms with van der Waals surface area (Å²) in [6.45, 7) is 1.29. The number of aromatic amines is 2. The molecule has 1 saturated heterocycles. The first-order valence-corrected chi connectivity index (χ1v) is 7.78. The van der Waals surface area contributed by atoms with Gasteiger partial charge in [0.25, 0.3) is 11.5 Å². The molecule has 6 nitrogen and oxygen atoms in total. The van der Waals surface area contributed by atoms with Crippen LogP contribution in [0.3, 0.4) is 0 Å². The van der Waals surface area contributed by atoms with E-state index in [2.05, 4.69) is 22.1 Å². The molecule has 3 rings (SSSR count). The lowest BCUT2D eigenvalue weighted by Crippen LogP contribution is -2.40. The lowest BCUT2D eigenvalue weighted by molar-refractivity contribution is 0.0684. The Labute approximate surface area is 133 Å². The maximum absolute atomic E-state index is 12.4. The number of H-pyrrole nitrogens is 2. The number of carbonyl (C=O) groups is 1. The Morgan fingerprint density at radius 1 is 1.09 bits per heavy atom. The molecule has 1 aliphatic heterocycles. The number of likely N-dealkylation sites (tertiary alicyclic amines) is 1. The molecule has 1 aromatic carbocycles. The Kier molecular flexibility index (Phi) is 4.41. The molecule has 0 atom stereocenters. The smallest absolute Gasteiger partial charge is 0.326 e. The van der Waals surface area contributed by atoms with Crippen molar-refractivity contribution < 1.29 is 4.79 Å². The van der Waals surface area contributed by atoms with E-state index in [1.807, 2.05) is 18.2 Å². The number of carbonyl (C=O) groups excluding carboxylic acids is 1. The number of benzene rings is 1. The minimum absolute atomic E-state index is 0.0558. The third-order valence-corrected chi connectivity index (χ3v) is 4.26. The van der Waals surface area contributed by atoms with E-state index in [9.17, 15) is 14.4 Å². The van der Waals surface area contributed by atoms with Crippen molar-refractivity contribution in [3.05, 3.63) is 68.5 Å². The average Bonchev–Trinajstić information content (AvgIpc) is 2.55. The Balaban J connectivity index is 1.61. The van der Waals surface area contributed by atoms with E-state index in [4.69, 9.17) is 0 Å². The van der Waals surface area contributed by atoms with Crippen LogP contribution in [-0.2, 0) is 6.42 Å². The van der Waals surface area contributed by atoms with Crippen LogP contribution in [-0.4, -0.2) is 33.9 Å². The summed E-state index contributed by atoms with van der Waals surface area (Å²) in [5.74, 6) is 0.269. The number of hydrogen-bond acceptors (Lipinski definition) is 3. The third-order valence-electron chi connectivity index (χ3n) is 4.26. The van der Waals surface area contributed by atoms with E-state index in [-0.39, 0.29) is 11.6 Å². The van der Waals surface area contributed by atoms with Gasteiger partial charge in [-0.3, -0.25) is 14.6 Å². The molecule has 0 aliphatic carbocycles. The number of amides is 1. The first-order valence-electron chi connectivity index (χ1n) is 7.78. The number of hydrogen-bond donors (Lipinski definition) is 2. The number of piperidine rings is 1. The molecule has 23 heavy (non-hydrogen) atoms. The topological polar surface area (TPSA) is 86.0 Å². The molecule has 1 fully saturated rings. The summed E-state index contributed by atoms with van der Waals surface area (Å²) in [5, 5.41) is 0. The van der Waals surface area contributed by atoms with Crippen molar-refractivity contribution in [1.29, 1.82) is 0 Å². The molecule has 0 radical (unpaired) electrons. The minimum atomic E-state index is -0.653. The first kappa shape index (κ1) is 15.3. The van der Waals surface area contributed by atoms with Crippen molar-refractivity contribution in [3.8, 4) is 0 Å². The predicted octanol–water partition coefficient (Wildman–Crippen LogP) is 1.16. The normalized spacial score (nSPS) is 15.6. The highest BCUT2D eigenvalue weighted by Gasteiger charge is 2.24. The molecule has 1 aliphatic rings. The zero-order chi connectivity index (χ0) is 16.2. The highest BCUT2D eigenvalue weighted by Crippen LogP contribution is 2.22. The van der Waals surface area contributed by atoms with Crippen molar-refractivity contribution in [3.63, 3.8) is 0 Å². The molecule has 120 valence electrons. The highest BCUT2D eigenvalue weighted by atomic mass is 16.2. The second-order valence-corrected chi connectivity index (χ2v) is 5.93. The molecule has 0 bridgehead atoms. The summed E-state index contributed by atoms with van der Waals surface area (Å²) in [4.78, 5) is 41.1. The third kappa shape index (κ3) is 3.77. The van der Waals surface area contributed by atoms with Gasteiger partial charge in [0.2, 0.25) is 0 Å². The van der Waals surface area contributed by atoms with Gasteiger partial charge in [-0.1, -0.05) is 30.3 Å². The average molecular weight is 313 g/mol. The summed E-state index contributed by atoms with van der Waals surface area (Å²) in [5.41, 5.74) is 0.160. The first-order chi connectivity index (χ1) is 11.1. The van der Waals surface area contributed by atoms with Crippen molar-refractivity contribution >= 4 is 5.91 Å². The van der Waals surface area contributed by atoms with Crippen LogP contribution < -0.4 is 11.2 Å². The summed E-state index contributed by atoms with van der Waals surface area (Å²) in [6, 6.07) is 11.5. The maximum atomic E-state index is 12.4. The van der Waals surface area contributed by atoms with E-state index in [1.165, 1.54) is 5.56 Å². The molecule has 2 aromatic rings. The molecule has 0 spiro atoms. The van der Waals surface area contributed by atoms with E-state index >= 15 is 0 Å². The number of nitrogens with one attached hydrogen (secondary N) is 2. The molecule has 0 saturated carbocycles. The van der Waals surface area contributed by atoms with Gasteiger partial charge < -0.3 is 9.88 Å². The molecule has 6 heteroatoms. The number of rotatable bonds is 3. The van der Waals surface area contributed by atoms with Crippen LogP contribution in [0.15, 0.2) is 46.0 Å². The Morgan fingerprint density at radius 2 is 1.78 bits per heavy atom. The fourth-order valence-electron chi connectivity index (χ4n) is 3.04. The molecule has 2 heterocycles. The van der Waals surface area contributed by atoms with Crippen molar-refractivity contribution in [2.45, 2.75) is 19.3 Å². The van der Waals surface area contributed by atoms with Crippen molar-refractivity contribution in [2.24, 2.45) is 5.92 Å². The van der Waals surface area contributed by atoms with E-state index in [1.54, 1.807) is 4.90 Å². The van der Waals surface area contributed by atoms with Crippen LogP contribution in [0.2, 0.25) is 0 Å². The molecule has 1 amide bonds. The second-order valence-electron chi connectivity index (χ2n) is 5.93. The van der Waals surface area contributed by atoms with E-state index in [0.29, 0.717) is 19.0 Å². The summed E-state index contributed by atoms with van der Waals surface area (Å²) in [6.07, 6.45) is 2.87.